The predicted molar refractivity (Wildman–Crippen MR) is 153 cm³/mol. The summed E-state index contributed by atoms with van der Waals surface area (Å²) in [5, 5.41) is 4.16. The first-order valence-corrected chi connectivity index (χ1v) is 13.1. The molecule has 0 spiro atoms. The highest BCUT2D eigenvalue weighted by molar-refractivity contribution is 6.03. The van der Waals surface area contributed by atoms with Crippen LogP contribution >= 0.6 is 0 Å². The van der Waals surface area contributed by atoms with Crippen molar-refractivity contribution in [2.45, 2.75) is 73.0 Å². The molecule has 2 aromatic rings. The van der Waals surface area contributed by atoms with Crippen LogP contribution in [0.15, 0.2) is 89.2 Å². The zero-order chi connectivity index (χ0) is 28.1. The first kappa shape index (κ1) is 30.8. The number of halogens is 3. The van der Waals surface area contributed by atoms with Crippen LogP contribution < -0.4 is 0 Å². The Hall–Kier alpha value is -3.41. The predicted octanol–water partition coefficient (Wildman–Crippen LogP) is 9.80. The molecule has 0 saturated heterocycles. The minimum Gasteiger partial charge on any atom is -0.365 e. The van der Waals surface area contributed by atoms with Gasteiger partial charge >= 0.3 is 6.18 Å². The summed E-state index contributed by atoms with van der Waals surface area (Å²) in [5.41, 5.74) is 8.65. The Bertz CT molecular complexity index is 1170. The van der Waals surface area contributed by atoms with Gasteiger partial charge in [-0.3, -0.25) is 4.99 Å². The average molecular weight is 525 g/mol. The summed E-state index contributed by atoms with van der Waals surface area (Å²) in [4.78, 5) is 10.2. The van der Waals surface area contributed by atoms with E-state index in [0.717, 1.165) is 25.0 Å². The van der Waals surface area contributed by atoms with Gasteiger partial charge in [0.25, 0.3) is 0 Å². The fourth-order valence-corrected chi connectivity index (χ4v) is 4.22. The second-order valence-corrected chi connectivity index (χ2v) is 9.02. The van der Waals surface area contributed by atoms with Gasteiger partial charge in [-0.05, 0) is 73.9 Å². The van der Waals surface area contributed by atoms with E-state index >= 15 is 0 Å². The third-order valence-electron chi connectivity index (χ3n) is 6.08. The van der Waals surface area contributed by atoms with Crippen LogP contribution in [-0.4, -0.2) is 17.6 Å². The van der Waals surface area contributed by atoms with Crippen molar-refractivity contribution >= 4 is 17.0 Å². The quantitative estimate of drug-likeness (QED) is 0.210. The molecule has 6 heteroatoms. The number of rotatable bonds is 6. The molecule has 0 N–H and O–H groups in total. The number of alkyl halides is 3. The molecular formula is C32H39F3N2O. The largest absolute Gasteiger partial charge is 0.386 e. The minimum absolute atomic E-state index is 0.188. The molecule has 38 heavy (non-hydrogen) atoms. The van der Waals surface area contributed by atoms with Crippen LogP contribution in [-0.2, 0) is 4.84 Å². The maximum absolute atomic E-state index is 10.4. The van der Waals surface area contributed by atoms with Gasteiger partial charge in [-0.25, -0.2) is 0 Å². The summed E-state index contributed by atoms with van der Waals surface area (Å²) in [5.74, 6) is 0.293. The number of oxime groups is 1. The molecule has 2 atom stereocenters. The third kappa shape index (κ3) is 9.81. The smallest absolute Gasteiger partial charge is 0.365 e. The standard InChI is InChI=1S/C28H30N2O.C2H3F3.C2H6/c1-4-19-31-30-21(3)22-9-11-23(12-10-22)24-13-15-25(16-14-24)27-17-18-28(29-27)26-8-6-5-7-20(26)2;1-2(3,4)5;1-2/h4-9,11-16,19,22,27H,10,17-18H2,1-3H3;1H3;1-2H3/b19-4+,30-21+;;. The maximum atomic E-state index is 10.4. The lowest BCUT2D eigenvalue weighted by atomic mass is 9.90. The highest BCUT2D eigenvalue weighted by atomic mass is 19.4. The van der Waals surface area contributed by atoms with Crippen molar-refractivity contribution in [1.29, 1.82) is 0 Å². The molecule has 1 aliphatic heterocycles. The number of nitrogens with zero attached hydrogens (tertiary/aromatic N) is 2. The Balaban J connectivity index is 0.000000651. The molecular weight excluding hydrogens is 485 g/mol. The first-order chi connectivity index (χ1) is 18.2. The molecule has 204 valence electrons. The van der Waals surface area contributed by atoms with Crippen LogP contribution in [0.4, 0.5) is 13.2 Å². The van der Waals surface area contributed by atoms with Crippen LogP contribution in [0.3, 0.4) is 0 Å². The number of aryl methyl sites for hydroxylation is 1. The monoisotopic (exact) mass is 524 g/mol. The molecule has 1 heterocycles. The van der Waals surface area contributed by atoms with Gasteiger partial charge in [0.15, 0.2) is 0 Å². The van der Waals surface area contributed by atoms with Crippen LogP contribution in [0.2, 0.25) is 0 Å². The number of allylic oxidation sites excluding steroid dienone is 5. The topological polar surface area (TPSA) is 34.0 Å². The fourth-order valence-electron chi connectivity index (χ4n) is 4.22. The number of aliphatic imine (C=N–C) groups is 1. The van der Waals surface area contributed by atoms with Crippen molar-refractivity contribution in [2.24, 2.45) is 16.1 Å². The van der Waals surface area contributed by atoms with E-state index in [2.05, 4.69) is 78.8 Å². The average Bonchev–Trinajstić information content (AvgIpc) is 3.40. The molecule has 0 aromatic heterocycles. The summed E-state index contributed by atoms with van der Waals surface area (Å²) in [6.45, 7) is 10.3. The molecule has 3 nitrogen and oxygen atoms in total. The Labute approximate surface area is 225 Å². The Morgan fingerprint density at radius 2 is 1.74 bits per heavy atom. The van der Waals surface area contributed by atoms with Crippen LogP contribution in [0, 0.1) is 12.8 Å². The van der Waals surface area contributed by atoms with Gasteiger partial charge in [0, 0.05) is 18.6 Å². The molecule has 2 unspecified atom stereocenters. The molecule has 0 radical (unpaired) electrons. The molecule has 0 amide bonds. The van der Waals surface area contributed by atoms with Crippen molar-refractivity contribution < 1.29 is 18.0 Å². The van der Waals surface area contributed by atoms with E-state index in [4.69, 9.17) is 9.83 Å². The third-order valence-corrected chi connectivity index (χ3v) is 6.08. The SMILES string of the molecule is C/C=C/O/N=C(\C)C1C=CC(c2ccc(C3CCC(c4ccccc4C)=N3)cc2)=CC1.CC.CC(F)(F)F. The summed E-state index contributed by atoms with van der Waals surface area (Å²) in [6, 6.07) is 17.7. The summed E-state index contributed by atoms with van der Waals surface area (Å²) >= 11 is 0. The summed E-state index contributed by atoms with van der Waals surface area (Å²) in [7, 11) is 0. The van der Waals surface area contributed by atoms with Crippen molar-refractivity contribution in [3.8, 4) is 0 Å². The van der Waals surface area contributed by atoms with E-state index in [1.165, 1.54) is 33.5 Å². The highest BCUT2D eigenvalue weighted by Gasteiger charge is 2.21. The first-order valence-electron chi connectivity index (χ1n) is 13.1. The fraction of sp³-hybridized carbons (Fsp3) is 0.375. The molecule has 2 aliphatic rings. The van der Waals surface area contributed by atoms with Gasteiger partial charge in [0.05, 0.1) is 11.8 Å². The van der Waals surface area contributed by atoms with Crippen LogP contribution in [0.25, 0.3) is 5.57 Å². The van der Waals surface area contributed by atoms with Crippen LogP contribution in [0.1, 0.15) is 82.2 Å². The van der Waals surface area contributed by atoms with E-state index in [-0.39, 0.29) is 13.0 Å². The molecule has 4 rings (SSSR count). The lowest BCUT2D eigenvalue weighted by Crippen LogP contribution is -2.10. The van der Waals surface area contributed by atoms with Crippen LogP contribution in [0.5, 0.6) is 0 Å². The van der Waals surface area contributed by atoms with Gasteiger partial charge in [-0.2, -0.15) is 13.2 Å². The summed E-state index contributed by atoms with van der Waals surface area (Å²) in [6.07, 6.45) is 9.20. The van der Waals surface area contributed by atoms with Crippen molar-refractivity contribution in [3.05, 3.63) is 101 Å². The second-order valence-electron chi connectivity index (χ2n) is 9.02. The van der Waals surface area contributed by atoms with E-state index in [1.807, 2.05) is 33.8 Å². The maximum Gasteiger partial charge on any atom is 0.386 e. The van der Waals surface area contributed by atoms with Gasteiger partial charge in [0.1, 0.15) is 6.26 Å². The van der Waals surface area contributed by atoms with E-state index in [9.17, 15) is 13.2 Å². The molecule has 0 fully saturated rings. The van der Waals surface area contributed by atoms with E-state index in [1.54, 1.807) is 6.26 Å². The van der Waals surface area contributed by atoms with Gasteiger partial charge in [0.2, 0.25) is 0 Å². The number of benzene rings is 2. The Morgan fingerprint density at radius 3 is 2.32 bits per heavy atom. The van der Waals surface area contributed by atoms with E-state index in [0.29, 0.717) is 5.92 Å². The van der Waals surface area contributed by atoms with E-state index < -0.39 is 6.18 Å². The van der Waals surface area contributed by atoms with Crippen molar-refractivity contribution in [1.82, 2.24) is 0 Å². The van der Waals surface area contributed by atoms with Gasteiger partial charge in [-0.15, -0.1) is 0 Å². The highest BCUT2D eigenvalue weighted by Crippen LogP contribution is 2.33. The van der Waals surface area contributed by atoms with Gasteiger partial charge in [-0.1, -0.05) is 85.8 Å². The lowest BCUT2D eigenvalue weighted by Gasteiger charge is -2.16. The summed E-state index contributed by atoms with van der Waals surface area (Å²) < 4.78 is 31.1. The Morgan fingerprint density at radius 1 is 1.08 bits per heavy atom. The number of hydrogen-bond donors (Lipinski definition) is 0. The lowest BCUT2D eigenvalue weighted by molar-refractivity contribution is -0.110. The molecule has 1 aliphatic carbocycles. The minimum atomic E-state index is -4.00. The molecule has 0 saturated carbocycles. The Kier molecular flexibility index (Phi) is 12.3. The molecule has 0 bridgehead atoms. The second kappa shape index (κ2) is 15.1. The zero-order valence-electron chi connectivity index (χ0n) is 23.2. The zero-order valence-corrected chi connectivity index (χ0v) is 23.2. The number of hydrogen-bond acceptors (Lipinski definition) is 3. The van der Waals surface area contributed by atoms with Gasteiger partial charge < -0.3 is 4.84 Å². The van der Waals surface area contributed by atoms with Crippen molar-refractivity contribution in [3.63, 3.8) is 0 Å². The normalized spacial score (nSPS) is 19.1. The van der Waals surface area contributed by atoms with Crippen molar-refractivity contribution in [2.75, 3.05) is 0 Å². The molecule has 2 aromatic carbocycles.